The molecule has 1 aliphatic rings. The van der Waals surface area contributed by atoms with E-state index in [1.54, 1.807) is 24.1 Å². The molecule has 0 aromatic heterocycles. The number of carbonyl (C=O) groups is 1. The van der Waals surface area contributed by atoms with Crippen molar-refractivity contribution >= 4 is 27.5 Å². The van der Waals surface area contributed by atoms with Crippen LogP contribution < -0.4 is 0 Å². The second kappa shape index (κ2) is 6.32. The minimum atomic E-state index is -0.408. The number of carbonyl (C=O) groups excluding carboxylic acids is 1. The molecule has 0 radical (unpaired) electrons. The second-order valence-corrected chi connectivity index (χ2v) is 5.78. The standard InChI is InChI=1S/C13H16BrN3O3/c1-15-5-2-6-16(9-13(15)18)8-10-3-4-11(14)12(7-10)17(19)20/h3-4,7H,2,5-6,8-9H2,1H3. The minimum absolute atomic E-state index is 0.0563. The van der Waals surface area contributed by atoms with Crippen molar-refractivity contribution in [2.24, 2.45) is 0 Å². The first-order valence-corrected chi connectivity index (χ1v) is 7.16. The molecule has 2 rings (SSSR count). The van der Waals surface area contributed by atoms with Gasteiger partial charge in [0.15, 0.2) is 0 Å². The van der Waals surface area contributed by atoms with Crippen LogP contribution >= 0.6 is 15.9 Å². The van der Waals surface area contributed by atoms with Crippen molar-refractivity contribution in [3.05, 3.63) is 38.3 Å². The van der Waals surface area contributed by atoms with Crippen LogP contribution in [0.5, 0.6) is 0 Å². The van der Waals surface area contributed by atoms with Crippen LogP contribution in [0.2, 0.25) is 0 Å². The normalized spacial score (nSPS) is 17.1. The van der Waals surface area contributed by atoms with Gasteiger partial charge in [-0.1, -0.05) is 6.07 Å². The molecule has 1 fully saturated rings. The van der Waals surface area contributed by atoms with Crippen molar-refractivity contribution in [2.45, 2.75) is 13.0 Å². The summed E-state index contributed by atoms with van der Waals surface area (Å²) in [5.41, 5.74) is 0.901. The smallest absolute Gasteiger partial charge is 0.283 e. The summed E-state index contributed by atoms with van der Waals surface area (Å²) in [7, 11) is 1.80. The molecule has 1 saturated heterocycles. The molecule has 1 amide bonds. The van der Waals surface area contributed by atoms with Crippen LogP contribution in [0.15, 0.2) is 22.7 Å². The first-order valence-electron chi connectivity index (χ1n) is 6.36. The third-order valence-corrected chi connectivity index (χ3v) is 4.04. The van der Waals surface area contributed by atoms with E-state index < -0.39 is 4.92 Å². The second-order valence-electron chi connectivity index (χ2n) is 4.92. The lowest BCUT2D eigenvalue weighted by atomic mass is 10.2. The molecule has 0 saturated carbocycles. The van der Waals surface area contributed by atoms with Gasteiger partial charge in [0, 0.05) is 32.7 Å². The monoisotopic (exact) mass is 341 g/mol. The summed E-state index contributed by atoms with van der Waals surface area (Å²) in [6.45, 7) is 2.49. The summed E-state index contributed by atoms with van der Waals surface area (Å²) >= 11 is 3.17. The van der Waals surface area contributed by atoms with Gasteiger partial charge in [-0.05, 0) is 34.0 Å². The topological polar surface area (TPSA) is 66.7 Å². The van der Waals surface area contributed by atoms with E-state index in [1.807, 2.05) is 11.0 Å². The van der Waals surface area contributed by atoms with Gasteiger partial charge in [0.2, 0.25) is 5.91 Å². The molecule has 0 bridgehead atoms. The van der Waals surface area contributed by atoms with Crippen LogP contribution in [0.3, 0.4) is 0 Å². The third kappa shape index (κ3) is 3.55. The Morgan fingerprint density at radius 2 is 2.15 bits per heavy atom. The molecular weight excluding hydrogens is 326 g/mol. The largest absolute Gasteiger partial charge is 0.345 e. The van der Waals surface area contributed by atoms with Crippen LogP contribution in [-0.2, 0) is 11.3 Å². The van der Waals surface area contributed by atoms with E-state index >= 15 is 0 Å². The maximum Gasteiger partial charge on any atom is 0.283 e. The molecule has 108 valence electrons. The van der Waals surface area contributed by atoms with E-state index in [1.165, 1.54) is 0 Å². The van der Waals surface area contributed by atoms with Gasteiger partial charge in [-0.15, -0.1) is 0 Å². The Bertz CT molecular complexity index is 536. The van der Waals surface area contributed by atoms with E-state index in [-0.39, 0.29) is 11.6 Å². The van der Waals surface area contributed by atoms with Gasteiger partial charge in [-0.2, -0.15) is 0 Å². The highest BCUT2D eigenvalue weighted by Crippen LogP contribution is 2.26. The molecule has 0 spiro atoms. The van der Waals surface area contributed by atoms with Gasteiger partial charge in [0.25, 0.3) is 5.69 Å². The Hall–Kier alpha value is -1.47. The van der Waals surface area contributed by atoms with E-state index in [0.717, 1.165) is 25.1 Å². The fourth-order valence-corrected chi connectivity index (χ4v) is 2.63. The zero-order valence-corrected chi connectivity index (χ0v) is 12.8. The fraction of sp³-hybridized carbons (Fsp3) is 0.462. The minimum Gasteiger partial charge on any atom is -0.345 e. The lowest BCUT2D eigenvalue weighted by molar-refractivity contribution is -0.385. The average molecular weight is 342 g/mol. The highest BCUT2D eigenvalue weighted by molar-refractivity contribution is 9.10. The van der Waals surface area contributed by atoms with Crippen LogP contribution in [0.4, 0.5) is 5.69 Å². The van der Waals surface area contributed by atoms with E-state index in [9.17, 15) is 14.9 Å². The summed E-state index contributed by atoms with van der Waals surface area (Å²) < 4.78 is 0.470. The molecule has 0 unspecified atom stereocenters. The Morgan fingerprint density at radius 3 is 2.85 bits per heavy atom. The molecule has 7 heteroatoms. The molecule has 0 N–H and O–H groups in total. The number of halogens is 1. The summed E-state index contributed by atoms with van der Waals surface area (Å²) in [5, 5.41) is 10.9. The van der Waals surface area contributed by atoms with Crippen molar-refractivity contribution in [3.8, 4) is 0 Å². The van der Waals surface area contributed by atoms with Crippen molar-refractivity contribution in [1.82, 2.24) is 9.80 Å². The van der Waals surface area contributed by atoms with Gasteiger partial charge in [-0.3, -0.25) is 19.8 Å². The van der Waals surface area contributed by atoms with Gasteiger partial charge >= 0.3 is 0 Å². The predicted octanol–water partition coefficient (Wildman–Crippen LogP) is 2.02. The molecule has 1 aromatic rings. The summed E-state index contributed by atoms with van der Waals surface area (Å²) in [6.07, 6.45) is 0.918. The van der Waals surface area contributed by atoms with Gasteiger partial charge in [0.05, 0.1) is 15.9 Å². The zero-order chi connectivity index (χ0) is 14.7. The van der Waals surface area contributed by atoms with E-state index in [0.29, 0.717) is 17.6 Å². The number of likely N-dealkylation sites (N-methyl/N-ethyl adjacent to an activating group) is 1. The zero-order valence-electron chi connectivity index (χ0n) is 11.2. The molecular formula is C13H16BrN3O3. The van der Waals surface area contributed by atoms with Crippen molar-refractivity contribution in [2.75, 3.05) is 26.7 Å². The lowest BCUT2D eigenvalue weighted by Crippen LogP contribution is -2.34. The molecule has 0 atom stereocenters. The highest BCUT2D eigenvalue weighted by Gasteiger charge is 2.20. The Morgan fingerprint density at radius 1 is 1.40 bits per heavy atom. The summed E-state index contributed by atoms with van der Waals surface area (Å²) in [4.78, 5) is 26.1. The number of benzene rings is 1. The maximum atomic E-state index is 11.8. The molecule has 6 nitrogen and oxygen atoms in total. The number of nitro benzene ring substituents is 1. The molecule has 20 heavy (non-hydrogen) atoms. The first kappa shape index (κ1) is 14.9. The third-order valence-electron chi connectivity index (χ3n) is 3.37. The fourth-order valence-electron chi connectivity index (χ4n) is 2.24. The van der Waals surface area contributed by atoms with Gasteiger partial charge in [0.1, 0.15) is 0 Å². The molecule has 1 heterocycles. The highest BCUT2D eigenvalue weighted by atomic mass is 79.9. The quantitative estimate of drug-likeness (QED) is 0.623. The van der Waals surface area contributed by atoms with Crippen LogP contribution in [0, 0.1) is 10.1 Å². The Kier molecular flexibility index (Phi) is 4.72. The number of nitrogens with zero attached hydrogens (tertiary/aromatic N) is 3. The SMILES string of the molecule is CN1CCCN(Cc2ccc(Br)c([N+](=O)[O-])c2)CC1=O. The Balaban J connectivity index is 2.11. The number of rotatable bonds is 3. The van der Waals surface area contributed by atoms with E-state index in [2.05, 4.69) is 15.9 Å². The lowest BCUT2D eigenvalue weighted by Gasteiger charge is -2.19. The number of hydrogen-bond acceptors (Lipinski definition) is 4. The molecule has 1 aromatic carbocycles. The van der Waals surface area contributed by atoms with Crippen molar-refractivity contribution in [1.29, 1.82) is 0 Å². The summed E-state index contributed by atoms with van der Waals surface area (Å²) in [6, 6.07) is 5.08. The molecule has 1 aliphatic heterocycles. The van der Waals surface area contributed by atoms with Gasteiger partial charge < -0.3 is 4.90 Å². The van der Waals surface area contributed by atoms with Gasteiger partial charge in [-0.25, -0.2) is 0 Å². The summed E-state index contributed by atoms with van der Waals surface area (Å²) in [5.74, 6) is 0.0918. The van der Waals surface area contributed by atoms with Crippen molar-refractivity contribution < 1.29 is 9.72 Å². The number of hydrogen-bond donors (Lipinski definition) is 0. The van der Waals surface area contributed by atoms with Crippen LogP contribution in [0.25, 0.3) is 0 Å². The number of amides is 1. The first-order chi connectivity index (χ1) is 9.47. The number of nitro groups is 1. The van der Waals surface area contributed by atoms with Crippen LogP contribution in [0.1, 0.15) is 12.0 Å². The maximum absolute atomic E-state index is 11.8. The van der Waals surface area contributed by atoms with E-state index in [4.69, 9.17) is 0 Å². The molecule has 0 aliphatic carbocycles. The van der Waals surface area contributed by atoms with Crippen LogP contribution in [-0.4, -0.2) is 47.3 Å². The predicted molar refractivity (Wildman–Crippen MR) is 78.3 cm³/mol. The average Bonchev–Trinajstić information content (AvgIpc) is 2.54. The Labute approximate surface area is 125 Å². The van der Waals surface area contributed by atoms with Crippen molar-refractivity contribution in [3.63, 3.8) is 0 Å².